The molecule has 2 amide bonds. The number of carboxylic acids is 1. The van der Waals surface area contributed by atoms with Gasteiger partial charge in [-0.1, -0.05) is 18.2 Å². The van der Waals surface area contributed by atoms with E-state index in [-0.39, 0.29) is 0 Å². The summed E-state index contributed by atoms with van der Waals surface area (Å²) in [6.45, 7) is 3.19. The summed E-state index contributed by atoms with van der Waals surface area (Å²) in [4.78, 5) is 22.7. The van der Waals surface area contributed by atoms with Crippen molar-refractivity contribution in [3.8, 4) is 0 Å². The van der Waals surface area contributed by atoms with E-state index in [9.17, 15) is 9.59 Å². The summed E-state index contributed by atoms with van der Waals surface area (Å²) in [6, 6.07) is 6.58. The SMILES string of the molecule is COCc1ccccc1NC(=O)NC(C)(C)C(=O)O. The Labute approximate surface area is 111 Å². The Bertz CT molecular complexity index is 471. The molecule has 0 aromatic heterocycles. The highest BCUT2D eigenvalue weighted by Gasteiger charge is 2.29. The number of urea groups is 1. The molecule has 0 atom stereocenters. The smallest absolute Gasteiger partial charge is 0.328 e. The Balaban J connectivity index is 2.75. The maximum atomic E-state index is 11.8. The summed E-state index contributed by atoms with van der Waals surface area (Å²) in [6.07, 6.45) is 0. The number of anilines is 1. The van der Waals surface area contributed by atoms with Crippen molar-refractivity contribution in [1.29, 1.82) is 0 Å². The number of carboxylic acid groups (broad SMARTS) is 1. The number of hydrogen-bond acceptors (Lipinski definition) is 3. The van der Waals surface area contributed by atoms with Gasteiger partial charge in [-0.15, -0.1) is 0 Å². The molecule has 0 saturated heterocycles. The van der Waals surface area contributed by atoms with Gasteiger partial charge in [-0.2, -0.15) is 0 Å². The van der Waals surface area contributed by atoms with Crippen LogP contribution in [0.1, 0.15) is 19.4 Å². The normalized spacial score (nSPS) is 10.9. The number of para-hydroxylation sites is 1. The molecule has 104 valence electrons. The zero-order chi connectivity index (χ0) is 14.5. The molecular weight excluding hydrogens is 248 g/mol. The molecule has 0 fully saturated rings. The molecule has 0 bridgehead atoms. The highest BCUT2D eigenvalue weighted by Crippen LogP contribution is 2.16. The molecule has 0 aliphatic heterocycles. The molecule has 0 aliphatic rings. The van der Waals surface area contributed by atoms with Gasteiger partial charge in [0.25, 0.3) is 0 Å². The zero-order valence-electron chi connectivity index (χ0n) is 11.2. The first-order valence-electron chi connectivity index (χ1n) is 5.76. The summed E-state index contributed by atoms with van der Waals surface area (Å²) in [5, 5.41) is 13.9. The molecule has 1 aromatic carbocycles. The molecule has 1 aromatic rings. The largest absolute Gasteiger partial charge is 0.480 e. The van der Waals surface area contributed by atoms with E-state index in [0.717, 1.165) is 5.56 Å². The van der Waals surface area contributed by atoms with Crippen molar-refractivity contribution < 1.29 is 19.4 Å². The molecular formula is C13H18N2O4. The first-order valence-corrected chi connectivity index (χ1v) is 5.76. The minimum Gasteiger partial charge on any atom is -0.480 e. The van der Waals surface area contributed by atoms with Crippen LogP contribution in [0.5, 0.6) is 0 Å². The van der Waals surface area contributed by atoms with E-state index in [1.165, 1.54) is 13.8 Å². The van der Waals surface area contributed by atoms with Crippen LogP contribution in [0.2, 0.25) is 0 Å². The second-order valence-electron chi connectivity index (χ2n) is 4.60. The molecule has 19 heavy (non-hydrogen) atoms. The molecule has 0 radical (unpaired) electrons. The number of hydrogen-bond donors (Lipinski definition) is 3. The summed E-state index contributed by atoms with van der Waals surface area (Å²) < 4.78 is 5.02. The number of rotatable bonds is 5. The first kappa shape index (κ1) is 15.0. The minimum atomic E-state index is -1.33. The van der Waals surface area contributed by atoms with Crippen molar-refractivity contribution in [2.24, 2.45) is 0 Å². The summed E-state index contributed by atoms with van der Waals surface area (Å²) in [7, 11) is 1.56. The van der Waals surface area contributed by atoms with E-state index in [1.54, 1.807) is 19.2 Å². The van der Waals surface area contributed by atoms with Crippen LogP contribution >= 0.6 is 0 Å². The number of carbonyl (C=O) groups is 2. The third-order valence-corrected chi connectivity index (χ3v) is 2.53. The quantitative estimate of drug-likeness (QED) is 0.758. The Morgan fingerprint density at radius 2 is 1.95 bits per heavy atom. The fourth-order valence-corrected chi connectivity index (χ4v) is 1.41. The molecule has 1 rings (SSSR count). The lowest BCUT2D eigenvalue weighted by Crippen LogP contribution is -2.51. The fourth-order valence-electron chi connectivity index (χ4n) is 1.41. The highest BCUT2D eigenvalue weighted by atomic mass is 16.5. The number of aliphatic carboxylic acids is 1. The van der Waals surface area contributed by atoms with Gasteiger partial charge in [0, 0.05) is 18.4 Å². The van der Waals surface area contributed by atoms with Crippen LogP contribution in [0.15, 0.2) is 24.3 Å². The van der Waals surface area contributed by atoms with Crippen LogP contribution in [-0.4, -0.2) is 29.8 Å². The van der Waals surface area contributed by atoms with Crippen molar-refractivity contribution in [2.45, 2.75) is 26.0 Å². The number of methoxy groups -OCH3 is 1. The molecule has 0 aliphatic carbocycles. The molecule has 0 heterocycles. The van der Waals surface area contributed by atoms with E-state index in [4.69, 9.17) is 9.84 Å². The van der Waals surface area contributed by atoms with Crippen molar-refractivity contribution in [3.05, 3.63) is 29.8 Å². The van der Waals surface area contributed by atoms with Crippen LogP contribution < -0.4 is 10.6 Å². The maximum absolute atomic E-state index is 11.8. The number of benzene rings is 1. The van der Waals surface area contributed by atoms with Gasteiger partial charge in [0.05, 0.1) is 6.61 Å². The Morgan fingerprint density at radius 3 is 2.53 bits per heavy atom. The van der Waals surface area contributed by atoms with Gasteiger partial charge in [-0.25, -0.2) is 9.59 Å². The van der Waals surface area contributed by atoms with Gasteiger partial charge >= 0.3 is 12.0 Å². The van der Waals surface area contributed by atoms with Gasteiger partial charge in [-0.05, 0) is 19.9 Å². The summed E-state index contributed by atoms with van der Waals surface area (Å²) in [5.74, 6) is -1.10. The molecule has 0 unspecified atom stereocenters. The monoisotopic (exact) mass is 266 g/mol. The van der Waals surface area contributed by atoms with Gasteiger partial charge in [0.1, 0.15) is 5.54 Å². The van der Waals surface area contributed by atoms with Gasteiger partial charge in [-0.3, -0.25) is 0 Å². The standard InChI is InChI=1S/C13H18N2O4/c1-13(2,11(16)17)15-12(18)14-10-7-5-4-6-9(10)8-19-3/h4-7H,8H2,1-3H3,(H,16,17)(H2,14,15,18). The van der Waals surface area contributed by atoms with Crippen LogP contribution in [0.3, 0.4) is 0 Å². The first-order chi connectivity index (χ1) is 8.86. The average molecular weight is 266 g/mol. The van der Waals surface area contributed by atoms with E-state index in [1.807, 2.05) is 12.1 Å². The fraction of sp³-hybridized carbons (Fsp3) is 0.385. The molecule has 6 nitrogen and oxygen atoms in total. The number of ether oxygens (including phenoxy) is 1. The number of amides is 2. The van der Waals surface area contributed by atoms with E-state index in [0.29, 0.717) is 12.3 Å². The van der Waals surface area contributed by atoms with E-state index < -0.39 is 17.5 Å². The minimum absolute atomic E-state index is 0.360. The van der Waals surface area contributed by atoms with Gasteiger partial charge < -0.3 is 20.5 Å². The lowest BCUT2D eigenvalue weighted by atomic mass is 10.1. The van der Waals surface area contributed by atoms with Gasteiger partial charge in [0.15, 0.2) is 0 Å². The predicted octanol–water partition coefficient (Wildman–Crippen LogP) is 1.82. The highest BCUT2D eigenvalue weighted by molar-refractivity contribution is 5.94. The number of nitrogens with one attached hydrogen (secondary N) is 2. The lowest BCUT2D eigenvalue weighted by molar-refractivity contribution is -0.142. The van der Waals surface area contributed by atoms with E-state index >= 15 is 0 Å². The maximum Gasteiger partial charge on any atom is 0.328 e. The van der Waals surface area contributed by atoms with Crippen molar-refractivity contribution in [1.82, 2.24) is 5.32 Å². The van der Waals surface area contributed by atoms with Crippen LogP contribution in [0.4, 0.5) is 10.5 Å². The topological polar surface area (TPSA) is 87.7 Å². The second kappa shape index (κ2) is 6.19. The summed E-state index contributed by atoms with van der Waals surface area (Å²) in [5.41, 5.74) is 0.0663. The third kappa shape index (κ3) is 4.26. The zero-order valence-corrected chi connectivity index (χ0v) is 11.2. The van der Waals surface area contributed by atoms with Crippen LogP contribution in [0, 0.1) is 0 Å². The lowest BCUT2D eigenvalue weighted by Gasteiger charge is -2.21. The van der Waals surface area contributed by atoms with Crippen LogP contribution in [-0.2, 0) is 16.1 Å². The Kier molecular flexibility index (Phi) is 4.88. The molecule has 0 saturated carbocycles. The second-order valence-corrected chi connectivity index (χ2v) is 4.60. The third-order valence-electron chi connectivity index (χ3n) is 2.53. The predicted molar refractivity (Wildman–Crippen MR) is 71.0 cm³/mol. The molecule has 3 N–H and O–H groups in total. The molecule has 0 spiro atoms. The van der Waals surface area contributed by atoms with Gasteiger partial charge in [0.2, 0.25) is 0 Å². The van der Waals surface area contributed by atoms with Crippen molar-refractivity contribution >= 4 is 17.7 Å². The summed E-state index contributed by atoms with van der Waals surface area (Å²) >= 11 is 0. The Morgan fingerprint density at radius 1 is 1.32 bits per heavy atom. The van der Waals surface area contributed by atoms with E-state index in [2.05, 4.69) is 10.6 Å². The van der Waals surface area contributed by atoms with Crippen LogP contribution in [0.25, 0.3) is 0 Å². The molecule has 6 heteroatoms. The average Bonchev–Trinajstić information content (AvgIpc) is 2.31. The number of carbonyl (C=O) groups excluding carboxylic acids is 1. The van der Waals surface area contributed by atoms with Crippen molar-refractivity contribution in [3.63, 3.8) is 0 Å². The Hall–Kier alpha value is -2.08. The van der Waals surface area contributed by atoms with Crippen molar-refractivity contribution in [2.75, 3.05) is 12.4 Å².